The zero-order valence-corrected chi connectivity index (χ0v) is 14.9. The van der Waals surface area contributed by atoms with Crippen LogP contribution in [0.4, 0.5) is 0 Å². The minimum atomic E-state index is 0.134. The zero-order valence-electron chi connectivity index (χ0n) is 11.8. The fraction of sp³-hybridized carbons (Fsp3) is 0.250. The quantitative estimate of drug-likeness (QED) is 0.677. The Hall–Kier alpha value is -0.740. The summed E-state index contributed by atoms with van der Waals surface area (Å²) in [5.41, 5.74) is 8.20. The first kappa shape index (κ1) is 16.6. The number of aryl methyl sites for hydroxylation is 1. The minimum absolute atomic E-state index is 0.134. The van der Waals surface area contributed by atoms with Crippen molar-refractivity contribution in [2.45, 2.75) is 26.3 Å². The molecule has 2 aromatic rings. The number of nitrogens with two attached hydrogens (primary N) is 1. The van der Waals surface area contributed by atoms with E-state index in [4.69, 9.17) is 33.7 Å². The molecule has 0 radical (unpaired) electrons. The number of ether oxygens (including phenoxy) is 1. The number of hydrogen-bond donors (Lipinski definition) is 1. The van der Waals surface area contributed by atoms with E-state index >= 15 is 0 Å². The van der Waals surface area contributed by atoms with Gasteiger partial charge in [0.25, 0.3) is 0 Å². The van der Waals surface area contributed by atoms with E-state index in [1.807, 2.05) is 32.0 Å². The van der Waals surface area contributed by atoms with Crippen LogP contribution in [0.2, 0.25) is 10.0 Å². The highest BCUT2D eigenvalue weighted by Gasteiger charge is 2.09. The first-order chi connectivity index (χ1) is 9.86. The molecule has 112 valence electrons. The van der Waals surface area contributed by atoms with Gasteiger partial charge in [-0.05, 0) is 65.5 Å². The Labute approximate surface area is 143 Å². The standard InChI is InChI=1S/C16H16BrCl2NO/c1-9-5-12(4-3-11(9)6-10(2)20)21-16-8-14(18)13(17)7-15(16)19/h3-5,7-8,10H,6,20H2,1-2H3. The smallest absolute Gasteiger partial charge is 0.147 e. The molecule has 0 aliphatic carbocycles. The largest absolute Gasteiger partial charge is 0.456 e. The van der Waals surface area contributed by atoms with Gasteiger partial charge in [-0.3, -0.25) is 0 Å². The van der Waals surface area contributed by atoms with Gasteiger partial charge in [-0.2, -0.15) is 0 Å². The molecule has 2 rings (SSSR count). The Morgan fingerprint density at radius 1 is 1.19 bits per heavy atom. The Morgan fingerprint density at radius 2 is 1.90 bits per heavy atom. The molecule has 5 heteroatoms. The summed E-state index contributed by atoms with van der Waals surface area (Å²) in [6.45, 7) is 4.04. The van der Waals surface area contributed by atoms with Crippen molar-refractivity contribution in [1.29, 1.82) is 0 Å². The van der Waals surface area contributed by atoms with Crippen molar-refractivity contribution in [2.75, 3.05) is 0 Å². The van der Waals surface area contributed by atoms with Crippen LogP contribution < -0.4 is 10.5 Å². The molecule has 0 aromatic heterocycles. The molecule has 0 fully saturated rings. The van der Waals surface area contributed by atoms with Gasteiger partial charge in [0, 0.05) is 16.6 Å². The van der Waals surface area contributed by atoms with Crippen LogP contribution in [0.3, 0.4) is 0 Å². The van der Waals surface area contributed by atoms with Crippen LogP contribution in [0, 0.1) is 6.92 Å². The number of rotatable bonds is 4. The van der Waals surface area contributed by atoms with E-state index in [9.17, 15) is 0 Å². The van der Waals surface area contributed by atoms with E-state index < -0.39 is 0 Å². The molecule has 0 amide bonds. The summed E-state index contributed by atoms with van der Waals surface area (Å²) in [6, 6.07) is 9.47. The predicted molar refractivity (Wildman–Crippen MR) is 92.8 cm³/mol. The first-order valence-electron chi connectivity index (χ1n) is 6.54. The highest BCUT2D eigenvalue weighted by molar-refractivity contribution is 9.10. The average molecular weight is 389 g/mol. The van der Waals surface area contributed by atoms with Crippen molar-refractivity contribution >= 4 is 39.1 Å². The van der Waals surface area contributed by atoms with Gasteiger partial charge in [0.05, 0.1) is 10.0 Å². The zero-order chi connectivity index (χ0) is 15.6. The minimum Gasteiger partial charge on any atom is -0.456 e. The van der Waals surface area contributed by atoms with Crippen molar-refractivity contribution < 1.29 is 4.74 Å². The molecule has 0 spiro atoms. The lowest BCUT2D eigenvalue weighted by molar-refractivity contribution is 0.482. The summed E-state index contributed by atoms with van der Waals surface area (Å²) >= 11 is 15.6. The third kappa shape index (κ3) is 4.36. The van der Waals surface area contributed by atoms with E-state index in [2.05, 4.69) is 15.9 Å². The fourth-order valence-electron chi connectivity index (χ4n) is 2.02. The number of halogens is 3. The maximum atomic E-state index is 6.16. The first-order valence-corrected chi connectivity index (χ1v) is 8.09. The molecule has 2 aromatic carbocycles. The molecule has 0 heterocycles. The maximum Gasteiger partial charge on any atom is 0.147 e. The summed E-state index contributed by atoms with van der Waals surface area (Å²) in [4.78, 5) is 0. The van der Waals surface area contributed by atoms with Crippen LogP contribution >= 0.6 is 39.1 Å². The molecular weight excluding hydrogens is 373 g/mol. The van der Waals surface area contributed by atoms with Crippen molar-refractivity contribution in [2.24, 2.45) is 5.73 Å². The van der Waals surface area contributed by atoms with Gasteiger partial charge < -0.3 is 10.5 Å². The maximum absolute atomic E-state index is 6.16. The summed E-state index contributed by atoms with van der Waals surface area (Å²) < 4.78 is 6.56. The molecule has 1 atom stereocenters. The van der Waals surface area contributed by atoms with Crippen molar-refractivity contribution in [3.63, 3.8) is 0 Å². The van der Waals surface area contributed by atoms with E-state index in [1.54, 1.807) is 12.1 Å². The lowest BCUT2D eigenvalue weighted by Crippen LogP contribution is -2.18. The predicted octanol–water partition coefficient (Wildman–Crippen LogP) is 5.75. The fourth-order valence-corrected chi connectivity index (χ4v) is 2.85. The summed E-state index contributed by atoms with van der Waals surface area (Å²) in [6.07, 6.45) is 0.844. The van der Waals surface area contributed by atoms with Crippen LogP contribution in [-0.4, -0.2) is 6.04 Å². The molecule has 0 aliphatic heterocycles. The molecular formula is C16H16BrCl2NO. The van der Waals surface area contributed by atoms with Crippen LogP contribution in [0.25, 0.3) is 0 Å². The van der Waals surface area contributed by atoms with Crippen molar-refractivity contribution in [3.05, 3.63) is 56.0 Å². The average Bonchev–Trinajstić information content (AvgIpc) is 2.39. The van der Waals surface area contributed by atoms with Gasteiger partial charge >= 0.3 is 0 Å². The highest BCUT2D eigenvalue weighted by Crippen LogP contribution is 2.36. The Balaban J connectivity index is 2.24. The molecule has 0 bridgehead atoms. The SMILES string of the molecule is Cc1cc(Oc2cc(Cl)c(Br)cc2Cl)ccc1CC(C)N. The van der Waals surface area contributed by atoms with Crippen LogP contribution in [0.1, 0.15) is 18.1 Å². The van der Waals surface area contributed by atoms with Crippen LogP contribution in [0.15, 0.2) is 34.8 Å². The van der Waals surface area contributed by atoms with Crippen LogP contribution in [-0.2, 0) is 6.42 Å². The van der Waals surface area contributed by atoms with Gasteiger partial charge in [0.2, 0.25) is 0 Å². The summed E-state index contributed by atoms with van der Waals surface area (Å²) in [7, 11) is 0. The van der Waals surface area contributed by atoms with Gasteiger partial charge in [0.15, 0.2) is 0 Å². The molecule has 1 unspecified atom stereocenters. The normalized spacial score (nSPS) is 12.3. The summed E-state index contributed by atoms with van der Waals surface area (Å²) in [5.74, 6) is 1.26. The molecule has 0 saturated heterocycles. The van der Waals surface area contributed by atoms with Gasteiger partial charge in [0.1, 0.15) is 11.5 Å². The lowest BCUT2D eigenvalue weighted by Gasteiger charge is -2.13. The molecule has 0 saturated carbocycles. The van der Waals surface area contributed by atoms with Gasteiger partial charge in [-0.25, -0.2) is 0 Å². The van der Waals surface area contributed by atoms with E-state index in [1.165, 1.54) is 5.56 Å². The number of benzene rings is 2. The van der Waals surface area contributed by atoms with Crippen molar-refractivity contribution in [3.8, 4) is 11.5 Å². The Bertz CT molecular complexity index is 659. The third-order valence-corrected chi connectivity index (χ3v) is 4.55. The summed E-state index contributed by atoms with van der Waals surface area (Å²) in [5, 5.41) is 1.06. The van der Waals surface area contributed by atoms with E-state index in [0.29, 0.717) is 15.8 Å². The second kappa shape index (κ2) is 7.01. The second-order valence-electron chi connectivity index (χ2n) is 5.07. The second-order valence-corrected chi connectivity index (χ2v) is 6.74. The topological polar surface area (TPSA) is 35.2 Å². The molecule has 0 aliphatic rings. The Morgan fingerprint density at radius 3 is 2.52 bits per heavy atom. The van der Waals surface area contributed by atoms with Crippen LogP contribution in [0.5, 0.6) is 11.5 Å². The molecule has 21 heavy (non-hydrogen) atoms. The van der Waals surface area contributed by atoms with Crippen molar-refractivity contribution in [1.82, 2.24) is 0 Å². The number of hydrogen-bond acceptors (Lipinski definition) is 2. The molecule has 2 nitrogen and oxygen atoms in total. The van der Waals surface area contributed by atoms with E-state index in [0.717, 1.165) is 22.2 Å². The van der Waals surface area contributed by atoms with E-state index in [-0.39, 0.29) is 6.04 Å². The third-order valence-electron chi connectivity index (χ3n) is 3.06. The van der Waals surface area contributed by atoms with Gasteiger partial charge in [-0.1, -0.05) is 29.3 Å². The highest BCUT2D eigenvalue weighted by atomic mass is 79.9. The Kier molecular flexibility index (Phi) is 5.55. The lowest BCUT2D eigenvalue weighted by atomic mass is 10.0. The molecule has 2 N–H and O–H groups in total. The monoisotopic (exact) mass is 387 g/mol. The van der Waals surface area contributed by atoms with Gasteiger partial charge in [-0.15, -0.1) is 0 Å².